The van der Waals surface area contributed by atoms with Crippen LogP contribution in [0.5, 0.6) is 0 Å². The number of ketones is 1. The van der Waals surface area contributed by atoms with Crippen molar-refractivity contribution in [3.05, 3.63) is 33.5 Å². The van der Waals surface area contributed by atoms with Gasteiger partial charge >= 0.3 is 5.97 Å². The average molecular weight is 398 g/mol. The molecule has 1 aliphatic carbocycles. The number of nitrogens with zero attached hydrogens (tertiary/aromatic N) is 2. The monoisotopic (exact) mass is 397 g/mol. The molecular weight excluding hydrogens is 378 g/mol. The van der Waals surface area contributed by atoms with Crippen LogP contribution in [-0.4, -0.2) is 40.2 Å². The highest BCUT2D eigenvalue weighted by Crippen LogP contribution is 2.36. The second-order valence-corrected chi connectivity index (χ2v) is 7.06. The number of esters is 1. The summed E-state index contributed by atoms with van der Waals surface area (Å²) in [7, 11) is 0. The molecule has 1 heterocycles. The van der Waals surface area contributed by atoms with Crippen LogP contribution in [0.4, 0.5) is 5.82 Å². The zero-order chi connectivity index (χ0) is 20.1. The second kappa shape index (κ2) is 8.90. The van der Waals surface area contributed by atoms with Gasteiger partial charge < -0.3 is 10.1 Å². The molecule has 0 bridgehead atoms. The average Bonchev–Trinajstić information content (AvgIpc) is 2.83. The minimum Gasteiger partial charge on any atom is -0.453 e. The van der Waals surface area contributed by atoms with Gasteiger partial charge in [0, 0.05) is 29.4 Å². The van der Waals surface area contributed by atoms with Crippen molar-refractivity contribution in [1.82, 2.24) is 4.98 Å². The molecule has 0 aromatic carbocycles. The zero-order valence-electron chi connectivity index (χ0n) is 14.9. The third-order valence-corrected chi connectivity index (χ3v) is 4.81. The largest absolute Gasteiger partial charge is 0.453 e. The van der Waals surface area contributed by atoms with Gasteiger partial charge in [0.1, 0.15) is 11.6 Å². The molecule has 146 valence electrons. The second-order valence-electron chi connectivity index (χ2n) is 6.62. The van der Waals surface area contributed by atoms with E-state index in [1.807, 2.05) is 0 Å². The van der Waals surface area contributed by atoms with Gasteiger partial charge in [0.2, 0.25) is 6.54 Å². The highest BCUT2D eigenvalue weighted by atomic mass is 35.5. The molecule has 1 aromatic rings. The maximum atomic E-state index is 12.1. The summed E-state index contributed by atoms with van der Waals surface area (Å²) in [6.07, 6.45) is 0.168. The Balaban J connectivity index is 1.91. The van der Waals surface area contributed by atoms with E-state index >= 15 is 0 Å². The van der Waals surface area contributed by atoms with E-state index in [1.54, 1.807) is 13.0 Å². The number of rotatable bonds is 7. The smallest absolute Gasteiger partial charge is 0.307 e. The molecule has 4 atom stereocenters. The van der Waals surface area contributed by atoms with Gasteiger partial charge in [-0.25, -0.2) is 4.98 Å². The molecule has 1 saturated carbocycles. The van der Waals surface area contributed by atoms with Gasteiger partial charge in [-0.15, -0.1) is 0 Å². The number of amides is 1. The number of pyridine rings is 1. The lowest BCUT2D eigenvalue weighted by molar-refractivity contribution is -0.490. The van der Waals surface area contributed by atoms with Gasteiger partial charge in [-0.05, 0) is 25.0 Å². The van der Waals surface area contributed by atoms with Gasteiger partial charge in [-0.3, -0.25) is 24.5 Å². The number of hydrogen-bond donors (Lipinski definition) is 1. The van der Waals surface area contributed by atoms with Crippen LogP contribution in [0.2, 0.25) is 5.02 Å². The summed E-state index contributed by atoms with van der Waals surface area (Å²) in [5, 5.41) is 13.7. The molecule has 1 fully saturated rings. The Kier molecular flexibility index (Phi) is 6.84. The molecule has 0 aliphatic heterocycles. The Hall–Kier alpha value is -2.55. The lowest BCUT2D eigenvalue weighted by Crippen LogP contribution is -2.32. The van der Waals surface area contributed by atoms with Crippen molar-refractivity contribution in [3.8, 4) is 0 Å². The van der Waals surface area contributed by atoms with Crippen LogP contribution in [0, 0.1) is 27.9 Å². The number of Topliss-reactive ketones (excluding diaryl/α,β-unsaturated/α-hetero) is 1. The number of nitrogens with one attached hydrogen (secondary N) is 1. The molecule has 0 unspecified atom stereocenters. The topological polar surface area (TPSA) is 128 Å². The molecular formula is C17H20ClN3O6. The van der Waals surface area contributed by atoms with Crippen LogP contribution in [0.15, 0.2) is 18.3 Å². The Morgan fingerprint density at radius 1 is 1.48 bits per heavy atom. The van der Waals surface area contributed by atoms with Crippen molar-refractivity contribution in [2.24, 2.45) is 17.8 Å². The van der Waals surface area contributed by atoms with Crippen molar-refractivity contribution >= 4 is 35.1 Å². The lowest BCUT2D eigenvalue weighted by Gasteiger charge is -2.18. The van der Waals surface area contributed by atoms with Crippen LogP contribution in [0.25, 0.3) is 0 Å². The third-order valence-electron chi connectivity index (χ3n) is 4.59. The van der Waals surface area contributed by atoms with Crippen LogP contribution >= 0.6 is 11.6 Å². The Morgan fingerprint density at radius 3 is 2.78 bits per heavy atom. The molecule has 1 N–H and O–H groups in total. The number of aromatic nitrogens is 1. The minimum absolute atomic E-state index is 0.169. The SMILES string of the molecule is C[C@H](OC(=O)C[C@@H]1C(=O)C[C@H](C)[C@H]1C[N+](=O)[O-])C(=O)Nc1ccc(Cl)cn1. The van der Waals surface area contributed by atoms with E-state index in [-0.39, 0.29) is 36.9 Å². The summed E-state index contributed by atoms with van der Waals surface area (Å²) in [6, 6.07) is 3.04. The van der Waals surface area contributed by atoms with E-state index in [4.69, 9.17) is 16.3 Å². The number of halogens is 1. The Morgan fingerprint density at radius 2 is 2.19 bits per heavy atom. The first-order chi connectivity index (χ1) is 12.7. The maximum absolute atomic E-state index is 12.1. The normalized spacial score (nSPS) is 22.9. The van der Waals surface area contributed by atoms with Gasteiger partial charge in [0.05, 0.1) is 11.4 Å². The highest BCUT2D eigenvalue weighted by molar-refractivity contribution is 6.30. The number of hydrogen-bond acceptors (Lipinski definition) is 7. The molecule has 10 heteroatoms. The first-order valence-corrected chi connectivity index (χ1v) is 8.81. The fourth-order valence-corrected chi connectivity index (χ4v) is 3.27. The molecule has 1 aliphatic rings. The van der Waals surface area contributed by atoms with Crippen molar-refractivity contribution in [2.45, 2.75) is 32.8 Å². The standard InChI is InChI=1S/C17H20ClN3O6/c1-9-5-14(22)12(13(9)8-21(25)26)6-16(23)27-10(2)17(24)20-15-4-3-11(18)7-19-15/h3-4,7,9-10,12-13H,5-6,8H2,1-2H3,(H,19,20,24)/t9-,10-,12-,13+/m0/s1. The summed E-state index contributed by atoms with van der Waals surface area (Å²) in [5.41, 5.74) is 0. The molecule has 0 spiro atoms. The number of ether oxygens (including phenoxy) is 1. The van der Waals surface area contributed by atoms with Crippen LogP contribution in [-0.2, 0) is 19.1 Å². The molecule has 1 aromatic heterocycles. The van der Waals surface area contributed by atoms with Crippen molar-refractivity contribution in [2.75, 3.05) is 11.9 Å². The third kappa shape index (κ3) is 5.72. The van der Waals surface area contributed by atoms with E-state index in [2.05, 4.69) is 10.3 Å². The van der Waals surface area contributed by atoms with E-state index in [0.29, 0.717) is 5.02 Å². The van der Waals surface area contributed by atoms with Crippen molar-refractivity contribution in [1.29, 1.82) is 0 Å². The maximum Gasteiger partial charge on any atom is 0.307 e. The van der Waals surface area contributed by atoms with Gasteiger partial charge in [0.15, 0.2) is 6.10 Å². The molecule has 2 rings (SSSR count). The van der Waals surface area contributed by atoms with E-state index in [0.717, 1.165) is 0 Å². The number of anilines is 1. The molecule has 27 heavy (non-hydrogen) atoms. The summed E-state index contributed by atoms with van der Waals surface area (Å²) in [4.78, 5) is 50.5. The first kappa shape index (κ1) is 20.8. The Bertz CT molecular complexity index is 739. The molecule has 1 amide bonds. The van der Waals surface area contributed by atoms with Crippen LogP contribution in [0.1, 0.15) is 26.7 Å². The van der Waals surface area contributed by atoms with E-state index in [1.165, 1.54) is 19.2 Å². The summed E-state index contributed by atoms with van der Waals surface area (Å²) < 4.78 is 5.08. The van der Waals surface area contributed by atoms with Crippen molar-refractivity contribution < 1.29 is 24.0 Å². The molecule has 9 nitrogen and oxygen atoms in total. The predicted molar refractivity (Wildman–Crippen MR) is 95.7 cm³/mol. The van der Waals surface area contributed by atoms with E-state index in [9.17, 15) is 24.5 Å². The van der Waals surface area contributed by atoms with Gasteiger partial charge in [-0.2, -0.15) is 0 Å². The lowest BCUT2D eigenvalue weighted by atomic mass is 9.88. The predicted octanol–water partition coefficient (Wildman–Crippen LogP) is 2.11. The minimum atomic E-state index is -1.11. The van der Waals surface area contributed by atoms with Crippen LogP contribution < -0.4 is 5.32 Å². The number of carbonyl (C=O) groups is 3. The number of nitro groups is 1. The fraction of sp³-hybridized carbons (Fsp3) is 0.529. The molecule has 0 saturated heterocycles. The van der Waals surface area contributed by atoms with E-state index < -0.39 is 34.7 Å². The first-order valence-electron chi connectivity index (χ1n) is 8.43. The molecule has 0 radical (unpaired) electrons. The fourth-order valence-electron chi connectivity index (χ4n) is 3.16. The van der Waals surface area contributed by atoms with Crippen molar-refractivity contribution in [3.63, 3.8) is 0 Å². The highest BCUT2D eigenvalue weighted by Gasteiger charge is 2.44. The zero-order valence-corrected chi connectivity index (χ0v) is 15.6. The van der Waals surface area contributed by atoms with Crippen LogP contribution in [0.3, 0.4) is 0 Å². The van der Waals surface area contributed by atoms with Gasteiger partial charge in [0.25, 0.3) is 5.91 Å². The number of carbonyl (C=O) groups excluding carboxylic acids is 3. The quantitative estimate of drug-likeness (QED) is 0.423. The summed E-state index contributed by atoms with van der Waals surface area (Å²) in [6.45, 7) is 2.77. The summed E-state index contributed by atoms with van der Waals surface area (Å²) in [5.74, 6) is -2.72. The van der Waals surface area contributed by atoms with Gasteiger partial charge in [-0.1, -0.05) is 18.5 Å². The summed E-state index contributed by atoms with van der Waals surface area (Å²) >= 11 is 5.71. The Labute approximate surface area is 160 Å².